The van der Waals surface area contributed by atoms with Crippen molar-refractivity contribution in [2.24, 2.45) is 0 Å². The van der Waals surface area contributed by atoms with Gasteiger partial charge in [-0.05, 0) is 69.2 Å². The summed E-state index contributed by atoms with van der Waals surface area (Å²) < 4.78 is 0. The van der Waals surface area contributed by atoms with Gasteiger partial charge in [0.15, 0.2) is 0 Å². The lowest BCUT2D eigenvalue weighted by molar-refractivity contribution is 0.102. The number of carbonyl (C=O) groups excluding carboxylic acids is 1. The third-order valence-electron chi connectivity index (χ3n) is 4.22. The van der Waals surface area contributed by atoms with Crippen molar-refractivity contribution in [1.82, 2.24) is 9.97 Å². The molecule has 0 saturated carbocycles. The van der Waals surface area contributed by atoms with Crippen molar-refractivity contribution in [3.8, 4) is 0 Å². The number of nitrogens with zero attached hydrogens (tertiary/aromatic N) is 2. The molecule has 0 saturated heterocycles. The standard InChI is InChI=1S/C21H22N4O/c1-13-7-5-10-19(16(13)4)25-20(26)17-8-6-9-18(12-17)24-21-22-14(2)11-15(3)23-21/h5-12H,1-4H3,(H,25,26)(H,22,23,24). The molecule has 0 radical (unpaired) electrons. The second kappa shape index (κ2) is 7.35. The first-order valence-corrected chi connectivity index (χ1v) is 8.49. The highest BCUT2D eigenvalue weighted by atomic mass is 16.1. The Labute approximate surface area is 153 Å². The summed E-state index contributed by atoms with van der Waals surface area (Å²) in [5, 5.41) is 6.14. The summed E-state index contributed by atoms with van der Waals surface area (Å²) in [5.41, 5.74) is 6.16. The van der Waals surface area contributed by atoms with Gasteiger partial charge in [0.25, 0.3) is 5.91 Å². The zero-order valence-electron chi connectivity index (χ0n) is 15.4. The van der Waals surface area contributed by atoms with Crippen molar-refractivity contribution in [2.75, 3.05) is 10.6 Å². The van der Waals surface area contributed by atoms with Crippen LogP contribution >= 0.6 is 0 Å². The largest absolute Gasteiger partial charge is 0.324 e. The molecule has 0 aliphatic carbocycles. The number of aromatic nitrogens is 2. The maximum atomic E-state index is 12.6. The van der Waals surface area contributed by atoms with Gasteiger partial charge in [0, 0.05) is 28.3 Å². The highest BCUT2D eigenvalue weighted by molar-refractivity contribution is 6.05. The molecule has 5 heteroatoms. The van der Waals surface area contributed by atoms with Crippen LogP contribution in [0, 0.1) is 27.7 Å². The Balaban J connectivity index is 1.80. The van der Waals surface area contributed by atoms with Crippen molar-refractivity contribution in [1.29, 1.82) is 0 Å². The Bertz CT molecular complexity index is 946. The van der Waals surface area contributed by atoms with Crippen molar-refractivity contribution >= 4 is 23.2 Å². The topological polar surface area (TPSA) is 66.9 Å². The summed E-state index contributed by atoms with van der Waals surface area (Å²) in [6.07, 6.45) is 0. The maximum absolute atomic E-state index is 12.6. The van der Waals surface area contributed by atoms with Gasteiger partial charge >= 0.3 is 0 Å². The molecule has 132 valence electrons. The number of hydrogen-bond donors (Lipinski definition) is 2. The molecule has 0 fully saturated rings. The first kappa shape index (κ1) is 17.6. The van der Waals surface area contributed by atoms with Crippen LogP contribution in [0.1, 0.15) is 32.9 Å². The van der Waals surface area contributed by atoms with Gasteiger partial charge in [-0.2, -0.15) is 0 Å². The van der Waals surface area contributed by atoms with Crippen LogP contribution in [0.15, 0.2) is 48.5 Å². The van der Waals surface area contributed by atoms with Crippen LogP contribution in [0.25, 0.3) is 0 Å². The average molecular weight is 346 g/mol. The van der Waals surface area contributed by atoms with E-state index in [1.165, 1.54) is 0 Å². The Morgan fingerprint density at radius 2 is 1.58 bits per heavy atom. The molecular weight excluding hydrogens is 324 g/mol. The van der Waals surface area contributed by atoms with Crippen LogP contribution in [-0.4, -0.2) is 15.9 Å². The summed E-state index contributed by atoms with van der Waals surface area (Å²) in [4.78, 5) is 21.4. The summed E-state index contributed by atoms with van der Waals surface area (Å²) >= 11 is 0. The molecule has 3 rings (SSSR count). The number of anilines is 3. The zero-order valence-corrected chi connectivity index (χ0v) is 15.4. The quantitative estimate of drug-likeness (QED) is 0.718. The minimum absolute atomic E-state index is 0.149. The number of hydrogen-bond acceptors (Lipinski definition) is 4. The average Bonchev–Trinajstić information content (AvgIpc) is 2.58. The summed E-state index contributed by atoms with van der Waals surface area (Å²) in [7, 11) is 0. The van der Waals surface area contributed by atoms with E-state index in [0.717, 1.165) is 33.9 Å². The molecule has 5 nitrogen and oxygen atoms in total. The lowest BCUT2D eigenvalue weighted by Crippen LogP contribution is -2.13. The first-order chi connectivity index (χ1) is 12.4. The monoisotopic (exact) mass is 346 g/mol. The Kier molecular flexibility index (Phi) is 4.98. The molecule has 0 aliphatic rings. The van der Waals surface area contributed by atoms with Crippen molar-refractivity contribution in [3.05, 3.63) is 76.6 Å². The fourth-order valence-corrected chi connectivity index (χ4v) is 2.73. The Morgan fingerprint density at radius 1 is 0.885 bits per heavy atom. The lowest BCUT2D eigenvalue weighted by Gasteiger charge is -2.11. The highest BCUT2D eigenvalue weighted by Gasteiger charge is 2.10. The molecule has 0 spiro atoms. The van der Waals surface area contributed by atoms with E-state index in [1.807, 2.05) is 64.1 Å². The smallest absolute Gasteiger partial charge is 0.255 e. The molecule has 0 bridgehead atoms. The van der Waals surface area contributed by atoms with Crippen molar-refractivity contribution < 1.29 is 4.79 Å². The normalized spacial score (nSPS) is 10.5. The molecule has 2 N–H and O–H groups in total. The molecule has 1 heterocycles. The summed E-state index contributed by atoms with van der Waals surface area (Å²) in [6.45, 7) is 7.88. The van der Waals surface area contributed by atoms with Crippen LogP contribution < -0.4 is 10.6 Å². The summed E-state index contributed by atoms with van der Waals surface area (Å²) in [6, 6.07) is 15.1. The third kappa shape index (κ3) is 4.06. The van der Waals surface area contributed by atoms with E-state index in [-0.39, 0.29) is 5.91 Å². The minimum Gasteiger partial charge on any atom is -0.324 e. The maximum Gasteiger partial charge on any atom is 0.255 e. The lowest BCUT2D eigenvalue weighted by atomic mass is 10.1. The molecule has 1 amide bonds. The number of benzene rings is 2. The van der Waals surface area contributed by atoms with Crippen molar-refractivity contribution in [2.45, 2.75) is 27.7 Å². The molecule has 0 unspecified atom stereocenters. The number of amides is 1. The van der Waals surface area contributed by atoms with Gasteiger partial charge < -0.3 is 10.6 Å². The second-order valence-corrected chi connectivity index (χ2v) is 6.38. The fraction of sp³-hybridized carbons (Fsp3) is 0.190. The number of aryl methyl sites for hydroxylation is 3. The third-order valence-corrected chi connectivity index (χ3v) is 4.22. The molecule has 0 aliphatic heterocycles. The fourth-order valence-electron chi connectivity index (χ4n) is 2.73. The van der Waals surface area contributed by atoms with Crippen LogP contribution in [-0.2, 0) is 0 Å². The second-order valence-electron chi connectivity index (χ2n) is 6.38. The van der Waals surface area contributed by atoms with E-state index < -0.39 is 0 Å². The van der Waals surface area contributed by atoms with Gasteiger partial charge in [-0.15, -0.1) is 0 Å². The molecule has 26 heavy (non-hydrogen) atoms. The van der Waals surface area contributed by atoms with Gasteiger partial charge in [0.2, 0.25) is 5.95 Å². The van der Waals surface area contributed by atoms with E-state index in [2.05, 4.69) is 20.6 Å². The van der Waals surface area contributed by atoms with E-state index in [4.69, 9.17) is 0 Å². The van der Waals surface area contributed by atoms with Gasteiger partial charge in [0.05, 0.1) is 0 Å². The van der Waals surface area contributed by atoms with Crippen molar-refractivity contribution in [3.63, 3.8) is 0 Å². The zero-order chi connectivity index (χ0) is 18.7. The molecule has 0 atom stereocenters. The minimum atomic E-state index is -0.149. The van der Waals surface area contributed by atoms with Gasteiger partial charge in [-0.25, -0.2) is 9.97 Å². The van der Waals surface area contributed by atoms with Crippen LogP contribution in [0.3, 0.4) is 0 Å². The number of carbonyl (C=O) groups is 1. The number of rotatable bonds is 4. The Morgan fingerprint density at radius 3 is 2.31 bits per heavy atom. The molecule has 3 aromatic rings. The molecular formula is C21H22N4O. The van der Waals surface area contributed by atoms with E-state index in [9.17, 15) is 4.79 Å². The summed E-state index contributed by atoms with van der Waals surface area (Å²) in [5.74, 6) is 0.373. The SMILES string of the molecule is Cc1cc(C)nc(Nc2cccc(C(=O)Nc3cccc(C)c3C)c2)n1. The van der Waals surface area contributed by atoms with Crippen LogP contribution in [0.2, 0.25) is 0 Å². The van der Waals surface area contributed by atoms with Crippen LogP contribution in [0.4, 0.5) is 17.3 Å². The molecule has 2 aromatic carbocycles. The van der Waals surface area contributed by atoms with Gasteiger partial charge in [-0.3, -0.25) is 4.79 Å². The van der Waals surface area contributed by atoms with Crippen LogP contribution in [0.5, 0.6) is 0 Å². The van der Waals surface area contributed by atoms with E-state index in [1.54, 1.807) is 12.1 Å². The van der Waals surface area contributed by atoms with Gasteiger partial charge in [0.1, 0.15) is 0 Å². The number of nitrogens with one attached hydrogen (secondary N) is 2. The molecule has 1 aromatic heterocycles. The first-order valence-electron chi connectivity index (χ1n) is 8.49. The predicted molar refractivity (Wildman–Crippen MR) is 105 cm³/mol. The Hall–Kier alpha value is -3.21. The van der Waals surface area contributed by atoms with E-state index >= 15 is 0 Å². The predicted octanol–water partition coefficient (Wildman–Crippen LogP) is 4.71. The highest BCUT2D eigenvalue weighted by Crippen LogP contribution is 2.20. The van der Waals surface area contributed by atoms with E-state index in [0.29, 0.717) is 11.5 Å². The van der Waals surface area contributed by atoms with Gasteiger partial charge in [-0.1, -0.05) is 18.2 Å².